The molecule has 0 amide bonds. The van der Waals surface area contributed by atoms with Gasteiger partial charge >= 0.3 is 0 Å². The van der Waals surface area contributed by atoms with Crippen LogP contribution < -0.4 is 5.32 Å². The monoisotopic (exact) mass is 177 g/mol. The molecule has 0 aromatic rings. The molecule has 1 heteroatoms. The Morgan fingerprint density at radius 3 is 2.92 bits per heavy atom. The highest BCUT2D eigenvalue weighted by molar-refractivity contribution is 5.31. The van der Waals surface area contributed by atoms with Gasteiger partial charge in [0.2, 0.25) is 0 Å². The average molecular weight is 177 g/mol. The zero-order valence-electron chi connectivity index (χ0n) is 8.64. The van der Waals surface area contributed by atoms with E-state index in [1.165, 1.54) is 24.1 Å². The third-order valence-electron chi connectivity index (χ3n) is 2.47. The van der Waals surface area contributed by atoms with Crippen LogP contribution in [0.2, 0.25) is 0 Å². The first-order valence-electron chi connectivity index (χ1n) is 5.00. The SMILES string of the molecule is C=CC1=C(/C=C\C)CCC(C)CN1. The molecule has 1 atom stereocenters. The van der Waals surface area contributed by atoms with Gasteiger partial charge in [-0.15, -0.1) is 0 Å². The fraction of sp³-hybridized carbons (Fsp3) is 0.500. The molecular formula is C12H19N. The lowest BCUT2D eigenvalue weighted by molar-refractivity contribution is 0.528. The van der Waals surface area contributed by atoms with Crippen molar-refractivity contribution in [1.29, 1.82) is 0 Å². The summed E-state index contributed by atoms with van der Waals surface area (Å²) < 4.78 is 0. The molecule has 0 bridgehead atoms. The molecule has 1 unspecified atom stereocenters. The lowest BCUT2D eigenvalue weighted by Gasteiger charge is -2.08. The molecule has 1 aliphatic heterocycles. The summed E-state index contributed by atoms with van der Waals surface area (Å²) in [5, 5.41) is 3.43. The number of nitrogens with one attached hydrogen (secondary N) is 1. The van der Waals surface area contributed by atoms with Gasteiger partial charge < -0.3 is 5.32 Å². The first kappa shape index (κ1) is 10.1. The van der Waals surface area contributed by atoms with E-state index in [4.69, 9.17) is 0 Å². The predicted molar refractivity (Wildman–Crippen MR) is 58.4 cm³/mol. The first-order valence-corrected chi connectivity index (χ1v) is 5.00. The minimum absolute atomic E-state index is 0.762. The molecule has 0 saturated carbocycles. The molecule has 1 rings (SSSR count). The molecule has 1 heterocycles. The second-order valence-electron chi connectivity index (χ2n) is 3.67. The minimum Gasteiger partial charge on any atom is -0.385 e. The lowest BCUT2D eigenvalue weighted by Crippen LogP contribution is -2.17. The molecule has 0 spiro atoms. The van der Waals surface area contributed by atoms with E-state index in [-0.39, 0.29) is 0 Å². The van der Waals surface area contributed by atoms with Crippen LogP contribution in [0.1, 0.15) is 26.7 Å². The van der Waals surface area contributed by atoms with Crippen molar-refractivity contribution in [1.82, 2.24) is 5.32 Å². The van der Waals surface area contributed by atoms with Crippen molar-refractivity contribution in [2.75, 3.05) is 6.54 Å². The van der Waals surface area contributed by atoms with Crippen LogP contribution in [0.25, 0.3) is 0 Å². The molecule has 72 valence electrons. The standard InChI is InChI=1S/C12H19N/c1-4-6-11-8-7-10(3)9-13-12(11)5-2/h4-6,10,13H,2,7-9H2,1,3H3/b6-4-. The Labute approximate surface area is 81.2 Å². The topological polar surface area (TPSA) is 12.0 Å². The highest BCUT2D eigenvalue weighted by Crippen LogP contribution is 2.20. The van der Waals surface area contributed by atoms with Crippen molar-refractivity contribution in [3.8, 4) is 0 Å². The third-order valence-corrected chi connectivity index (χ3v) is 2.47. The highest BCUT2D eigenvalue weighted by atomic mass is 14.9. The number of allylic oxidation sites excluding steroid dienone is 4. The van der Waals surface area contributed by atoms with Crippen LogP contribution in [0.4, 0.5) is 0 Å². The van der Waals surface area contributed by atoms with E-state index < -0.39 is 0 Å². The zero-order chi connectivity index (χ0) is 9.68. The average Bonchev–Trinajstić information content (AvgIpc) is 2.30. The van der Waals surface area contributed by atoms with E-state index in [1.54, 1.807) is 0 Å². The van der Waals surface area contributed by atoms with Gasteiger partial charge in [0, 0.05) is 12.2 Å². The van der Waals surface area contributed by atoms with Gasteiger partial charge in [-0.3, -0.25) is 0 Å². The van der Waals surface area contributed by atoms with Gasteiger partial charge in [0.15, 0.2) is 0 Å². The molecule has 0 aliphatic carbocycles. The Morgan fingerprint density at radius 1 is 1.54 bits per heavy atom. The zero-order valence-corrected chi connectivity index (χ0v) is 8.64. The Bertz CT molecular complexity index is 236. The summed E-state index contributed by atoms with van der Waals surface area (Å²) in [5.74, 6) is 0.762. The summed E-state index contributed by atoms with van der Waals surface area (Å²) in [6, 6.07) is 0. The van der Waals surface area contributed by atoms with Crippen molar-refractivity contribution in [3.05, 3.63) is 36.1 Å². The molecule has 1 N–H and O–H groups in total. The second-order valence-corrected chi connectivity index (χ2v) is 3.67. The van der Waals surface area contributed by atoms with Crippen molar-refractivity contribution >= 4 is 0 Å². The van der Waals surface area contributed by atoms with Crippen molar-refractivity contribution in [3.63, 3.8) is 0 Å². The fourth-order valence-electron chi connectivity index (χ4n) is 1.61. The molecule has 0 radical (unpaired) electrons. The minimum atomic E-state index is 0.762. The predicted octanol–water partition coefficient (Wildman–Crippen LogP) is 3.02. The Balaban J connectivity index is 2.80. The van der Waals surface area contributed by atoms with Gasteiger partial charge in [0.05, 0.1) is 0 Å². The number of hydrogen-bond acceptors (Lipinski definition) is 1. The summed E-state index contributed by atoms with van der Waals surface area (Å²) in [6.45, 7) is 9.24. The largest absolute Gasteiger partial charge is 0.385 e. The van der Waals surface area contributed by atoms with Crippen molar-refractivity contribution < 1.29 is 0 Å². The van der Waals surface area contributed by atoms with Gasteiger partial charge in [-0.1, -0.05) is 25.7 Å². The van der Waals surface area contributed by atoms with Crippen LogP contribution >= 0.6 is 0 Å². The maximum atomic E-state index is 3.83. The van der Waals surface area contributed by atoms with Crippen LogP contribution in [-0.2, 0) is 0 Å². The van der Waals surface area contributed by atoms with E-state index in [9.17, 15) is 0 Å². The van der Waals surface area contributed by atoms with Gasteiger partial charge in [0.1, 0.15) is 0 Å². The molecule has 1 nitrogen and oxygen atoms in total. The fourth-order valence-corrected chi connectivity index (χ4v) is 1.61. The van der Waals surface area contributed by atoms with Crippen LogP contribution in [0.3, 0.4) is 0 Å². The van der Waals surface area contributed by atoms with Crippen LogP contribution in [0, 0.1) is 5.92 Å². The third kappa shape index (κ3) is 2.76. The van der Waals surface area contributed by atoms with E-state index in [0.29, 0.717) is 0 Å². The summed E-state index contributed by atoms with van der Waals surface area (Å²) in [4.78, 5) is 0. The Morgan fingerprint density at radius 2 is 2.31 bits per heavy atom. The van der Waals surface area contributed by atoms with E-state index >= 15 is 0 Å². The van der Waals surface area contributed by atoms with Crippen LogP contribution in [0.15, 0.2) is 36.1 Å². The van der Waals surface area contributed by atoms with Gasteiger partial charge in [-0.25, -0.2) is 0 Å². The van der Waals surface area contributed by atoms with Gasteiger partial charge in [-0.2, -0.15) is 0 Å². The van der Waals surface area contributed by atoms with Gasteiger partial charge in [-0.05, 0) is 37.3 Å². The normalized spacial score (nSPS) is 24.3. The molecular weight excluding hydrogens is 158 g/mol. The maximum Gasteiger partial charge on any atom is 0.0366 e. The lowest BCUT2D eigenvalue weighted by atomic mass is 10.0. The molecule has 0 fully saturated rings. The summed E-state index contributed by atoms with van der Waals surface area (Å²) >= 11 is 0. The summed E-state index contributed by atoms with van der Waals surface area (Å²) in [6.07, 6.45) is 8.63. The second kappa shape index (κ2) is 4.90. The Hall–Kier alpha value is -0.980. The van der Waals surface area contributed by atoms with E-state index in [1.807, 2.05) is 6.08 Å². The van der Waals surface area contributed by atoms with Crippen LogP contribution in [-0.4, -0.2) is 6.54 Å². The highest BCUT2D eigenvalue weighted by Gasteiger charge is 2.10. The molecule has 1 aliphatic rings. The first-order chi connectivity index (χ1) is 6.27. The number of rotatable bonds is 2. The van der Waals surface area contributed by atoms with Gasteiger partial charge in [0.25, 0.3) is 0 Å². The summed E-state index contributed by atoms with van der Waals surface area (Å²) in [7, 11) is 0. The number of hydrogen-bond donors (Lipinski definition) is 1. The maximum absolute atomic E-state index is 3.83. The van der Waals surface area contributed by atoms with Crippen molar-refractivity contribution in [2.45, 2.75) is 26.7 Å². The quantitative estimate of drug-likeness (QED) is 0.683. The van der Waals surface area contributed by atoms with E-state index in [0.717, 1.165) is 12.5 Å². The molecule has 0 aromatic heterocycles. The molecule has 0 saturated heterocycles. The smallest absolute Gasteiger partial charge is 0.0366 e. The van der Waals surface area contributed by atoms with Crippen molar-refractivity contribution in [2.24, 2.45) is 5.92 Å². The molecule has 13 heavy (non-hydrogen) atoms. The summed E-state index contributed by atoms with van der Waals surface area (Å²) in [5.41, 5.74) is 2.60. The van der Waals surface area contributed by atoms with E-state index in [2.05, 4.69) is 37.9 Å². The molecule has 0 aromatic carbocycles. The Kier molecular flexibility index (Phi) is 3.81. The van der Waals surface area contributed by atoms with Crippen LogP contribution in [0.5, 0.6) is 0 Å².